The van der Waals surface area contributed by atoms with Gasteiger partial charge in [0.05, 0.1) is 18.7 Å². The number of carbonyl (C=O) groups is 1. The van der Waals surface area contributed by atoms with Crippen molar-refractivity contribution >= 4 is 11.9 Å². The van der Waals surface area contributed by atoms with E-state index >= 15 is 0 Å². The lowest BCUT2D eigenvalue weighted by atomic mass is 10.1. The molecule has 7 nitrogen and oxygen atoms in total. The van der Waals surface area contributed by atoms with E-state index in [1.165, 1.54) is 12.0 Å². The van der Waals surface area contributed by atoms with E-state index in [-0.39, 0.29) is 6.42 Å². The second kappa shape index (κ2) is 5.89. The van der Waals surface area contributed by atoms with Gasteiger partial charge in [-0.25, -0.2) is 9.97 Å². The van der Waals surface area contributed by atoms with Crippen LogP contribution < -0.4 is 4.90 Å². The summed E-state index contributed by atoms with van der Waals surface area (Å²) in [4.78, 5) is 22.6. The molecule has 3 heterocycles. The van der Waals surface area contributed by atoms with Crippen LogP contribution >= 0.6 is 0 Å². The molecule has 1 fully saturated rings. The van der Waals surface area contributed by atoms with Crippen molar-refractivity contribution in [1.29, 1.82) is 0 Å². The molecule has 1 atom stereocenters. The van der Waals surface area contributed by atoms with Gasteiger partial charge in [-0.15, -0.1) is 0 Å². The number of nitrogens with zero attached hydrogens (tertiary/aromatic N) is 5. The molecule has 1 aliphatic heterocycles. The maximum atomic E-state index is 10.7. The fourth-order valence-electron chi connectivity index (χ4n) is 3.40. The van der Waals surface area contributed by atoms with E-state index in [1.807, 2.05) is 12.3 Å². The third kappa shape index (κ3) is 2.64. The van der Waals surface area contributed by atoms with Crippen LogP contribution in [0.5, 0.6) is 0 Å². The monoisotopic (exact) mass is 327 g/mol. The van der Waals surface area contributed by atoms with Crippen molar-refractivity contribution in [2.45, 2.75) is 51.6 Å². The summed E-state index contributed by atoms with van der Waals surface area (Å²) < 4.78 is 1.68. The lowest BCUT2D eigenvalue weighted by Gasteiger charge is -2.39. The van der Waals surface area contributed by atoms with Gasteiger partial charge in [-0.2, -0.15) is 5.10 Å². The minimum atomic E-state index is -0.816. The Labute approximate surface area is 140 Å². The molecule has 2 aliphatic rings. The number of aliphatic carboxylic acids is 1. The van der Waals surface area contributed by atoms with Gasteiger partial charge >= 0.3 is 5.97 Å². The average molecular weight is 327 g/mol. The Hall–Kier alpha value is -2.44. The van der Waals surface area contributed by atoms with Crippen LogP contribution in [-0.2, 0) is 24.2 Å². The number of rotatable bonds is 5. The van der Waals surface area contributed by atoms with Crippen LogP contribution in [0.15, 0.2) is 12.3 Å². The SMILES string of the molecule is C[C@H]1CCN1c1nc2c(c(-c3ccn(CCC(=O)O)n3)n1)CCC2. The Bertz CT molecular complexity index is 785. The fraction of sp³-hybridized carbons (Fsp3) is 0.529. The predicted molar refractivity (Wildman–Crippen MR) is 89.0 cm³/mol. The van der Waals surface area contributed by atoms with Gasteiger partial charge in [0.1, 0.15) is 5.69 Å². The van der Waals surface area contributed by atoms with Crippen molar-refractivity contribution in [3.05, 3.63) is 23.5 Å². The van der Waals surface area contributed by atoms with Crippen molar-refractivity contribution in [2.24, 2.45) is 0 Å². The molecule has 7 heteroatoms. The lowest BCUT2D eigenvalue weighted by molar-refractivity contribution is -0.137. The quantitative estimate of drug-likeness (QED) is 0.903. The first-order valence-corrected chi connectivity index (χ1v) is 8.54. The molecular weight excluding hydrogens is 306 g/mol. The van der Waals surface area contributed by atoms with Crippen LogP contribution in [0.25, 0.3) is 11.4 Å². The number of carboxylic acid groups (broad SMARTS) is 1. The van der Waals surface area contributed by atoms with Crippen molar-refractivity contribution in [1.82, 2.24) is 19.7 Å². The fourth-order valence-corrected chi connectivity index (χ4v) is 3.40. The standard InChI is InChI=1S/C17H21N5O2/c1-11-5-10-22(11)17-18-13-4-2-3-12(13)16(19-17)14-6-8-21(20-14)9-7-15(23)24/h6,8,11H,2-5,7,9-10H2,1H3,(H,23,24)/t11-/m0/s1. The van der Waals surface area contributed by atoms with Crippen LogP contribution in [-0.4, -0.2) is 43.4 Å². The van der Waals surface area contributed by atoms with Gasteiger partial charge < -0.3 is 10.0 Å². The second-order valence-electron chi connectivity index (χ2n) is 6.59. The highest BCUT2D eigenvalue weighted by molar-refractivity contribution is 5.66. The first-order valence-electron chi connectivity index (χ1n) is 8.54. The number of anilines is 1. The van der Waals surface area contributed by atoms with Crippen molar-refractivity contribution < 1.29 is 9.90 Å². The molecule has 0 bridgehead atoms. The topological polar surface area (TPSA) is 84.1 Å². The van der Waals surface area contributed by atoms with Gasteiger partial charge in [0.2, 0.25) is 5.95 Å². The number of hydrogen-bond acceptors (Lipinski definition) is 5. The van der Waals surface area contributed by atoms with Crippen LogP contribution in [0.2, 0.25) is 0 Å². The minimum Gasteiger partial charge on any atom is -0.481 e. The zero-order valence-electron chi connectivity index (χ0n) is 13.8. The van der Waals surface area contributed by atoms with Gasteiger partial charge in [0.15, 0.2) is 0 Å². The minimum absolute atomic E-state index is 0.0690. The van der Waals surface area contributed by atoms with E-state index in [0.717, 1.165) is 48.8 Å². The highest BCUT2D eigenvalue weighted by Gasteiger charge is 2.29. The van der Waals surface area contributed by atoms with Crippen LogP contribution in [0, 0.1) is 0 Å². The Morgan fingerprint density at radius 2 is 2.25 bits per heavy atom. The molecule has 24 heavy (non-hydrogen) atoms. The summed E-state index contributed by atoms with van der Waals surface area (Å²) >= 11 is 0. The van der Waals surface area contributed by atoms with E-state index in [9.17, 15) is 4.79 Å². The maximum absolute atomic E-state index is 10.7. The van der Waals surface area contributed by atoms with E-state index in [0.29, 0.717) is 12.6 Å². The molecule has 0 unspecified atom stereocenters. The van der Waals surface area contributed by atoms with Gasteiger partial charge in [0, 0.05) is 30.0 Å². The third-order valence-electron chi connectivity index (χ3n) is 4.94. The molecule has 1 N–H and O–H groups in total. The molecule has 1 saturated heterocycles. The summed E-state index contributed by atoms with van der Waals surface area (Å²) in [5.74, 6) is -0.00600. The molecule has 2 aromatic rings. The number of aryl methyl sites for hydroxylation is 2. The normalized spacial score (nSPS) is 19.2. The first kappa shape index (κ1) is 15.1. The Morgan fingerprint density at radius 3 is 2.96 bits per heavy atom. The predicted octanol–water partition coefficient (Wildman–Crippen LogP) is 1.90. The molecule has 0 radical (unpaired) electrons. The molecular formula is C17H21N5O2. The zero-order chi connectivity index (χ0) is 16.7. The van der Waals surface area contributed by atoms with Crippen molar-refractivity contribution in [2.75, 3.05) is 11.4 Å². The van der Waals surface area contributed by atoms with E-state index < -0.39 is 5.97 Å². The lowest BCUT2D eigenvalue weighted by Crippen LogP contribution is -2.46. The average Bonchev–Trinajstić information content (AvgIpc) is 3.19. The molecule has 0 aromatic carbocycles. The molecule has 0 saturated carbocycles. The smallest absolute Gasteiger partial charge is 0.305 e. The summed E-state index contributed by atoms with van der Waals surface area (Å²) in [6.45, 7) is 3.57. The Morgan fingerprint density at radius 1 is 1.38 bits per heavy atom. The summed E-state index contributed by atoms with van der Waals surface area (Å²) in [7, 11) is 0. The van der Waals surface area contributed by atoms with Crippen LogP contribution in [0.4, 0.5) is 5.95 Å². The summed E-state index contributed by atoms with van der Waals surface area (Å²) in [5, 5.41) is 13.4. The number of hydrogen-bond donors (Lipinski definition) is 1. The second-order valence-corrected chi connectivity index (χ2v) is 6.59. The van der Waals surface area contributed by atoms with E-state index in [1.54, 1.807) is 4.68 Å². The van der Waals surface area contributed by atoms with Crippen molar-refractivity contribution in [3.63, 3.8) is 0 Å². The molecule has 1 aliphatic carbocycles. The van der Waals surface area contributed by atoms with Gasteiger partial charge in [-0.3, -0.25) is 9.48 Å². The highest BCUT2D eigenvalue weighted by atomic mass is 16.4. The highest BCUT2D eigenvalue weighted by Crippen LogP contribution is 2.33. The molecule has 0 spiro atoms. The van der Waals surface area contributed by atoms with Gasteiger partial charge in [0.25, 0.3) is 0 Å². The maximum Gasteiger partial charge on any atom is 0.305 e. The van der Waals surface area contributed by atoms with Crippen LogP contribution in [0.1, 0.15) is 37.4 Å². The van der Waals surface area contributed by atoms with E-state index in [4.69, 9.17) is 15.1 Å². The first-order chi connectivity index (χ1) is 11.6. The number of carboxylic acids is 1. The Balaban J connectivity index is 1.68. The van der Waals surface area contributed by atoms with E-state index in [2.05, 4.69) is 16.9 Å². The van der Waals surface area contributed by atoms with Gasteiger partial charge in [-0.1, -0.05) is 0 Å². The molecule has 0 amide bonds. The number of fused-ring (bicyclic) bond motifs is 1. The molecule has 126 valence electrons. The van der Waals surface area contributed by atoms with Crippen molar-refractivity contribution in [3.8, 4) is 11.4 Å². The summed E-state index contributed by atoms with van der Waals surface area (Å²) in [6, 6.07) is 2.41. The largest absolute Gasteiger partial charge is 0.481 e. The summed E-state index contributed by atoms with van der Waals surface area (Å²) in [5.41, 5.74) is 4.08. The summed E-state index contributed by atoms with van der Waals surface area (Å²) in [6.07, 6.45) is 6.17. The molecule has 4 rings (SSSR count). The Kier molecular flexibility index (Phi) is 3.70. The van der Waals surface area contributed by atoms with Crippen LogP contribution in [0.3, 0.4) is 0 Å². The zero-order valence-corrected chi connectivity index (χ0v) is 13.8. The molecule has 2 aromatic heterocycles. The van der Waals surface area contributed by atoms with Gasteiger partial charge in [-0.05, 0) is 38.7 Å². The third-order valence-corrected chi connectivity index (χ3v) is 4.94. The number of aromatic nitrogens is 4.